The molecule has 2 aromatic carbocycles. The van der Waals surface area contributed by atoms with Crippen LogP contribution in [0.4, 0.5) is 10.1 Å². The number of hydrogen-bond acceptors (Lipinski definition) is 4. The lowest BCUT2D eigenvalue weighted by atomic mass is 10.2. The molecule has 0 saturated carbocycles. The smallest absolute Gasteiger partial charge is 0.257 e. The lowest BCUT2D eigenvalue weighted by Gasteiger charge is -2.00. The number of aromatic nitrogens is 1. The van der Waals surface area contributed by atoms with Gasteiger partial charge in [-0.15, -0.1) is 0 Å². The maximum atomic E-state index is 12.0. The van der Waals surface area contributed by atoms with Gasteiger partial charge in [0.1, 0.15) is 5.00 Å². The molecule has 1 aromatic heterocycles. The second-order valence-corrected chi connectivity index (χ2v) is 5.50. The van der Waals surface area contributed by atoms with Gasteiger partial charge in [0, 0.05) is 11.8 Å². The molecule has 0 radical (unpaired) electrons. The molecule has 1 N–H and O–H groups in total. The fourth-order valence-corrected chi connectivity index (χ4v) is 2.48. The highest BCUT2D eigenvalue weighted by Crippen LogP contribution is 2.26. The van der Waals surface area contributed by atoms with E-state index in [2.05, 4.69) is 15.3 Å². The quantitative estimate of drug-likeness (QED) is 0.736. The van der Waals surface area contributed by atoms with Gasteiger partial charge in [0.25, 0.3) is 5.91 Å². The van der Waals surface area contributed by atoms with E-state index in [0.717, 1.165) is 10.6 Å². The molecular weight excluding hydrogens is 294 g/mol. The number of thiazole rings is 1. The third kappa shape index (κ3) is 3.65. The Morgan fingerprint density at radius 3 is 2.45 bits per heavy atom. The summed E-state index contributed by atoms with van der Waals surface area (Å²) in [7, 11) is 0. The van der Waals surface area contributed by atoms with E-state index in [0.29, 0.717) is 10.7 Å². The molecule has 3 rings (SSSR count). The first-order chi connectivity index (χ1) is 10.8. The molecule has 22 heavy (non-hydrogen) atoms. The zero-order valence-electron chi connectivity index (χ0n) is 11.6. The third-order valence-corrected chi connectivity index (χ3v) is 3.71. The van der Waals surface area contributed by atoms with Crippen molar-refractivity contribution in [1.82, 2.24) is 4.98 Å². The van der Waals surface area contributed by atoms with E-state index in [4.69, 9.17) is 0 Å². The maximum Gasteiger partial charge on any atom is 0.257 e. The Labute approximate surface area is 132 Å². The minimum atomic E-state index is -0.173. The standard InChI is InChI=1S/C17H13N3OS/c21-16(14-9-5-2-6-10-14)20-17-19-12-15(22-17)18-11-13-7-3-1-4-8-13/h1-12H,(H,19,20,21)/b18-11+. The summed E-state index contributed by atoms with van der Waals surface area (Å²) in [4.78, 5) is 20.5. The van der Waals surface area contributed by atoms with Crippen molar-refractivity contribution in [1.29, 1.82) is 0 Å². The Morgan fingerprint density at radius 1 is 1.05 bits per heavy atom. The highest BCUT2D eigenvalue weighted by molar-refractivity contribution is 7.19. The molecule has 0 atom stereocenters. The number of carbonyl (C=O) groups excluding carboxylic acids is 1. The van der Waals surface area contributed by atoms with Crippen LogP contribution in [-0.2, 0) is 0 Å². The van der Waals surface area contributed by atoms with Gasteiger partial charge >= 0.3 is 0 Å². The van der Waals surface area contributed by atoms with Crippen LogP contribution in [0, 0.1) is 0 Å². The van der Waals surface area contributed by atoms with Crippen LogP contribution >= 0.6 is 11.3 Å². The van der Waals surface area contributed by atoms with Crippen molar-refractivity contribution in [3.8, 4) is 0 Å². The maximum absolute atomic E-state index is 12.0. The monoisotopic (exact) mass is 307 g/mol. The van der Waals surface area contributed by atoms with Gasteiger partial charge < -0.3 is 0 Å². The Kier molecular flexibility index (Phi) is 4.36. The van der Waals surface area contributed by atoms with Crippen LogP contribution < -0.4 is 5.32 Å². The fourth-order valence-electron chi connectivity index (χ4n) is 1.82. The molecule has 1 amide bonds. The van der Waals surface area contributed by atoms with Crippen LogP contribution in [-0.4, -0.2) is 17.1 Å². The highest BCUT2D eigenvalue weighted by Gasteiger charge is 2.07. The van der Waals surface area contributed by atoms with Crippen molar-refractivity contribution < 1.29 is 4.79 Å². The number of amides is 1. The summed E-state index contributed by atoms with van der Waals surface area (Å²) in [5, 5.41) is 4.05. The molecule has 1 heterocycles. The van der Waals surface area contributed by atoms with E-state index in [1.54, 1.807) is 24.5 Å². The molecule has 0 fully saturated rings. The van der Waals surface area contributed by atoms with Gasteiger partial charge in [0.05, 0.1) is 6.20 Å². The van der Waals surface area contributed by atoms with Gasteiger partial charge in [-0.1, -0.05) is 59.9 Å². The first-order valence-electron chi connectivity index (χ1n) is 6.72. The summed E-state index contributed by atoms with van der Waals surface area (Å²) >= 11 is 1.33. The molecule has 0 spiro atoms. The fraction of sp³-hybridized carbons (Fsp3) is 0. The first kappa shape index (κ1) is 14.2. The van der Waals surface area contributed by atoms with Gasteiger partial charge in [-0.2, -0.15) is 0 Å². The lowest BCUT2D eigenvalue weighted by Crippen LogP contribution is -2.11. The Bertz CT molecular complexity index is 782. The number of aliphatic imine (C=N–C) groups is 1. The van der Waals surface area contributed by atoms with Crippen molar-refractivity contribution in [2.45, 2.75) is 0 Å². The number of nitrogens with one attached hydrogen (secondary N) is 1. The summed E-state index contributed by atoms with van der Waals surface area (Å²) in [6, 6.07) is 18.9. The molecule has 4 nitrogen and oxygen atoms in total. The average Bonchev–Trinajstić information content (AvgIpc) is 3.02. The molecule has 5 heteroatoms. The zero-order valence-corrected chi connectivity index (χ0v) is 12.5. The molecule has 0 aliphatic rings. The molecule has 0 aliphatic heterocycles. The van der Waals surface area contributed by atoms with Gasteiger partial charge in [-0.05, 0) is 17.7 Å². The highest BCUT2D eigenvalue weighted by atomic mass is 32.1. The van der Waals surface area contributed by atoms with Crippen LogP contribution in [0.1, 0.15) is 15.9 Å². The molecular formula is C17H13N3OS. The van der Waals surface area contributed by atoms with Crippen LogP contribution in [0.5, 0.6) is 0 Å². The van der Waals surface area contributed by atoms with Crippen molar-refractivity contribution in [2.24, 2.45) is 4.99 Å². The second kappa shape index (κ2) is 6.78. The van der Waals surface area contributed by atoms with E-state index in [-0.39, 0.29) is 5.91 Å². The molecule has 0 aliphatic carbocycles. The zero-order chi connectivity index (χ0) is 15.2. The molecule has 3 aromatic rings. The second-order valence-electron chi connectivity index (χ2n) is 4.49. The predicted molar refractivity (Wildman–Crippen MR) is 90.2 cm³/mol. The molecule has 108 valence electrons. The van der Waals surface area contributed by atoms with Crippen LogP contribution in [0.15, 0.2) is 71.9 Å². The Morgan fingerprint density at radius 2 is 1.73 bits per heavy atom. The van der Waals surface area contributed by atoms with E-state index in [1.165, 1.54) is 11.3 Å². The normalized spacial score (nSPS) is 10.7. The number of nitrogens with zero attached hydrogens (tertiary/aromatic N) is 2. The summed E-state index contributed by atoms with van der Waals surface area (Å²) in [5.41, 5.74) is 1.62. The van der Waals surface area contributed by atoms with E-state index in [9.17, 15) is 4.79 Å². The number of carbonyl (C=O) groups is 1. The summed E-state index contributed by atoms with van der Waals surface area (Å²) in [6.45, 7) is 0. The average molecular weight is 307 g/mol. The van der Waals surface area contributed by atoms with Crippen LogP contribution in [0.3, 0.4) is 0 Å². The Hall–Kier alpha value is -2.79. The van der Waals surface area contributed by atoms with Crippen molar-refractivity contribution in [3.63, 3.8) is 0 Å². The molecule has 0 unspecified atom stereocenters. The predicted octanol–water partition coefficient (Wildman–Crippen LogP) is 4.15. The first-order valence-corrected chi connectivity index (χ1v) is 7.54. The lowest BCUT2D eigenvalue weighted by molar-refractivity contribution is 0.102. The summed E-state index contributed by atoms with van der Waals surface area (Å²) in [5.74, 6) is -0.173. The number of rotatable bonds is 4. The van der Waals surface area contributed by atoms with Crippen molar-refractivity contribution in [2.75, 3.05) is 5.32 Å². The van der Waals surface area contributed by atoms with Crippen molar-refractivity contribution in [3.05, 3.63) is 78.0 Å². The van der Waals surface area contributed by atoms with Crippen LogP contribution in [0.2, 0.25) is 0 Å². The summed E-state index contributed by atoms with van der Waals surface area (Å²) in [6.07, 6.45) is 3.42. The van der Waals surface area contributed by atoms with Gasteiger partial charge in [0.2, 0.25) is 0 Å². The third-order valence-electron chi connectivity index (χ3n) is 2.89. The minimum Gasteiger partial charge on any atom is -0.298 e. The number of anilines is 1. The van der Waals surface area contributed by atoms with E-state index < -0.39 is 0 Å². The summed E-state index contributed by atoms with van der Waals surface area (Å²) < 4.78 is 0. The van der Waals surface area contributed by atoms with Crippen LogP contribution in [0.25, 0.3) is 0 Å². The Balaban J connectivity index is 1.67. The van der Waals surface area contributed by atoms with Gasteiger partial charge in [-0.25, -0.2) is 9.98 Å². The number of benzene rings is 2. The van der Waals surface area contributed by atoms with Crippen molar-refractivity contribution >= 4 is 33.6 Å². The molecule has 0 saturated heterocycles. The minimum absolute atomic E-state index is 0.173. The molecule has 0 bridgehead atoms. The van der Waals surface area contributed by atoms with Gasteiger partial charge in [-0.3, -0.25) is 10.1 Å². The SMILES string of the molecule is O=C(Nc1ncc(/N=C/c2ccccc2)s1)c1ccccc1. The largest absolute Gasteiger partial charge is 0.298 e. The topological polar surface area (TPSA) is 54.4 Å². The van der Waals surface area contributed by atoms with E-state index >= 15 is 0 Å². The number of hydrogen-bond donors (Lipinski definition) is 1. The van der Waals surface area contributed by atoms with E-state index in [1.807, 2.05) is 48.5 Å². The van der Waals surface area contributed by atoms with Gasteiger partial charge in [0.15, 0.2) is 5.13 Å².